The molecule has 6 rings (SSSR count). The number of benzene rings is 3. The van der Waals surface area contributed by atoms with Gasteiger partial charge in [0.2, 0.25) is 0 Å². The molecule has 2 amide bonds. The summed E-state index contributed by atoms with van der Waals surface area (Å²) >= 11 is 0. The molecule has 0 unspecified atom stereocenters. The lowest BCUT2D eigenvalue weighted by molar-refractivity contribution is 0.194. The number of aryl methyl sites for hydroxylation is 3. The minimum Gasteiger partial charge on any atom is -0.308 e. The zero-order valence-electron chi connectivity index (χ0n) is 21.9. The molecule has 1 atom stereocenters. The van der Waals surface area contributed by atoms with Crippen LogP contribution in [0.1, 0.15) is 46.6 Å². The number of carbonyl (C=O) groups is 1. The molecule has 0 bridgehead atoms. The van der Waals surface area contributed by atoms with Gasteiger partial charge in [-0.3, -0.25) is 0 Å². The Morgan fingerprint density at radius 2 is 1.66 bits per heavy atom. The largest absolute Gasteiger partial charge is 0.322 e. The van der Waals surface area contributed by atoms with Gasteiger partial charge in [0, 0.05) is 17.4 Å². The summed E-state index contributed by atoms with van der Waals surface area (Å²) in [6, 6.07) is 30.4. The van der Waals surface area contributed by atoms with Gasteiger partial charge in [-0.05, 0) is 67.8 Å². The molecule has 3 aromatic carbocycles. The highest BCUT2D eigenvalue weighted by Gasteiger charge is 2.36. The maximum atomic E-state index is 14.0. The quantitative estimate of drug-likeness (QED) is 0.289. The van der Waals surface area contributed by atoms with Crippen LogP contribution in [0.25, 0.3) is 11.5 Å². The summed E-state index contributed by atoms with van der Waals surface area (Å²) in [5.74, 6) is 0.966. The third kappa shape index (κ3) is 4.18. The van der Waals surface area contributed by atoms with Crippen molar-refractivity contribution in [2.75, 3.05) is 5.32 Å². The number of nitrogens with one attached hydrogen (secondary N) is 1. The molecular formula is C32H31N5O. The molecule has 0 saturated carbocycles. The van der Waals surface area contributed by atoms with Gasteiger partial charge in [0.25, 0.3) is 0 Å². The Bertz CT molecular complexity index is 1580. The van der Waals surface area contributed by atoms with Gasteiger partial charge >= 0.3 is 6.03 Å². The van der Waals surface area contributed by atoms with E-state index in [9.17, 15) is 4.79 Å². The molecule has 38 heavy (non-hydrogen) atoms. The summed E-state index contributed by atoms with van der Waals surface area (Å²) in [6.07, 6.45) is 3.03. The molecule has 0 saturated heterocycles. The highest BCUT2D eigenvalue weighted by atomic mass is 16.2. The lowest BCUT2D eigenvalue weighted by atomic mass is 10.0. The highest BCUT2D eigenvalue weighted by Crippen LogP contribution is 2.38. The van der Waals surface area contributed by atoms with Crippen LogP contribution in [0.3, 0.4) is 0 Å². The fourth-order valence-corrected chi connectivity index (χ4v) is 5.27. The monoisotopic (exact) mass is 501 g/mol. The van der Waals surface area contributed by atoms with Crippen LogP contribution < -0.4 is 5.32 Å². The molecule has 190 valence electrons. The van der Waals surface area contributed by atoms with Crippen LogP contribution in [0, 0.1) is 13.8 Å². The molecule has 6 nitrogen and oxygen atoms in total. The predicted molar refractivity (Wildman–Crippen MR) is 151 cm³/mol. The maximum Gasteiger partial charge on any atom is 0.322 e. The van der Waals surface area contributed by atoms with Gasteiger partial charge in [-0.15, -0.1) is 0 Å². The van der Waals surface area contributed by atoms with E-state index >= 15 is 0 Å². The van der Waals surface area contributed by atoms with E-state index in [4.69, 9.17) is 5.10 Å². The molecular weight excluding hydrogens is 470 g/mol. The average molecular weight is 502 g/mol. The molecule has 0 fully saturated rings. The molecule has 5 aromatic rings. The third-order valence-corrected chi connectivity index (χ3v) is 7.35. The number of nitrogens with zero attached hydrogens (tertiary/aromatic N) is 4. The van der Waals surface area contributed by atoms with Crippen molar-refractivity contribution in [1.29, 1.82) is 0 Å². The number of amides is 2. The minimum atomic E-state index is -0.281. The Morgan fingerprint density at radius 1 is 0.921 bits per heavy atom. The topological polar surface area (TPSA) is 55.1 Å². The fraction of sp³-hybridized carbons (Fsp3) is 0.188. The number of fused-ring (bicyclic) bond motifs is 3. The Hall–Kier alpha value is -4.58. The summed E-state index contributed by atoms with van der Waals surface area (Å²) in [7, 11) is 0. The van der Waals surface area contributed by atoms with Crippen LogP contribution in [-0.4, -0.2) is 25.3 Å². The SMILES string of the molecule is CCc1ccc(NC(=O)N2Cc3c(C)nn(-c4ccccc4)c3-n3cccc3[C@@H]2c2ccc(C)cc2)cc1. The second-order valence-corrected chi connectivity index (χ2v) is 9.86. The van der Waals surface area contributed by atoms with Gasteiger partial charge in [0.05, 0.1) is 29.7 Å². The summed E-state index contributed by atoms with van der Waals surface area (Å²) in [6.45, 7) is 6.65. The van der Waals surface area contributed by atoms with Crippen molar-refractivity contribution in [2.24, 2.45) is 0 Å². The molecule has 1 aliphatic heterocycles. The predicted octanol–water partition coefficient (Wildman–Crippen LogP) is 6.98. The molecule has 1 aliphatic rings. The van der Waals surface area contributed by atoms with Crippen molar-refractivity contribution in [3.63, 3.8) is 0 Å². The Morgan fingerprint density at radius 3 is 2.37 bits per heavy atom. The summed E-state index contributed by atoms with van der Waals surface area (Å²) in [5, 5.41) is 8.09. The summed E-state index contributed by atoms with van der Waals surface area (Å²) in [4.78, 5) is 16.0. The maximum absolute atomic E-state index is 14.0. The van der Waals surface area contributed by atoms with E-state index in [0.29, 0.717) is 6.54 Å². The van der Waals surface area contributed by atoms with Crippen molar-refractivity contribution >= 4 is 11.7 Å². The minimum absolute atomic E-state index is 0.146. The number of rotatable bonds is 4. The first-order chi connectivity index (χ1) is 18.5. The van der Waals surface area contributed by atoms with Gasteiger partial charge in [0.15, 0.2) is 0 Å². The van der Waals surface area contributed by atoms with E-state index in [2.05, 4.69) is 84.5 Å². The standard InChI is InChI=1S/C32H31N5O/c1-4-24-14-18-26(19-15-24)33-32(38)36-21-28-23(3)34-37(27-9-6-5-7-10-27)31(28)35-20-8-11-29(35)30(36)25-16-12-22(2)13-17-25/h5-20,30H,4,21H2,1-3H3,(H,33,38)/t30-/m0/s1. The molecule has 1 N–H and O–H groups in total. The van der Waals surface area contributed by atoms with Crippen LogP contribution in [0.2, 0.25) is 0 Å². The van der Waals surface area contributed by atoms with Gasteiger partial charge in [-0.1, -0.05) is 67.1 Å². The number of para-hydroxylation sites is 1. The Balaban J connectivity index is 1.50. The lowest BCUT2D eigenvalue weighted by Gasteiger charge is -2.31. The number of hydrogen-bond acceptors (Lipinski definition) is 2. The number of aromatic nitrogens is 3. The van der Waals surface area contributed by atoms with Crippen LogP contribution in [0.4, 0.5) is 10.5 Å². The van der Waals surface area contributed by atoms with Crippen LogP contribution >= 0.6 is 0 Å². The van der Waals surface area contributed by atoms with E-state index in [-0.39, 0.29) is 12.1 Å². The first-order valence-electron chi connectivity index (χ1n) is 13.1. The normalized spacial score (nSPS) is 14.5. The highest BCUT2D eigenvalue weighted by molar-refractivity contribution is 5.90. The van der Waals surface area contributed by atoms with Crippen LogP contribution in [0.15, 0.2) is 97.2 Å². The fourth-order valence-electron chi connectivity index (χ4n) is 5.27. The smallest absolute Gasteiger partial charge is 0.308 e. The molecule has 2 aromatic heterocycles. The van der Waals surface area contributed by atoms with Crippen molar-refractivity contribution in [2.45, 2.75) is 39.8 Å². The number of carbonyl (C=O) groups excluding carboxylic acids is 1. The zero-order chi connectivity index (χ0) is 26.2. The summed E-state index contributed by atoms with van der Waals surface area (Å²) in [5.41, 5.74) is 8.19. The van der Waals surface area contributed by atoms with E-state index < -0.39 is 0 Å². The van der Waals surface area contributed by atoms with Gasteiger partial charge in [0.1, 0.15) is 5.82 Å². The second-order valence-electron chi connectivity index (χ2n) is 9.86. The third-order valence-electron chi connectivity index (χ3n) is 7.35. The second kappa shape index (κ2) is 9.71. The van der Waals surface area contributed by atoms with E-state index in [0.717, 1.165) is 46.1 Å². The Kier molecular flexibility index (Phi) is 6.08. The first-order valence-corrected chi connectivity index (χ1v) is 13.1. The van der Waals surface area contributed by atoms with E-state index in [1.807, 2.05) is 52.9 Å². The van der Waals surface area contributed by atoms with Crippen molar-refractivity contribution in [1.82, 2.24) is 19.2 Å². The molecule has 0 aliphatic carbocycles. The van der Waals surface area contributed by atoms with Gasteiger partial charge < -0.3 is 14.8 Å². The number of urea groups is 1. The van der Waals surface area contributed by atoms with Gasteiger partial charge in [-0.25, -0.2) is 9.48 Å². The average Bonchev–Trinajstić information content (AvgIpc) is 3.50. The van der Waals surface area contributed by atoms with Crippen molar-refractivity contribution in [3.8, 4) is 11.5 Å². The van der Waals surface area contributed by atoms with Crippen molar-refractivity contribution < 1.29 is 4.79 Å². The molecule has 0 radical (unpaired) electrons. The van der Waals surface area contributed by atoms with E-state index in [1.54, 1.807) is 0 Å². The molecule has 6 heteroatoms. The van der Waals surface area contributed by atoms with Crippen molar-refractivity contribution in [3.05, 3.63) is 131 Å². The zero-order valence-corrected chi connectivity index (χ0v) is 21.9. The van der Waals surface area contributed by atoms with Crippen LogP contribution in [-0.2, 0) is 13.0 Å². The van der Waals surface area contributed by atoms with Crippen LogP contribution in [0.5, 0.6) is 0 Å². The molecule has 0 spiro atoms. The van der Waals surface area contributed by atoms with Gasteiger partial charge in [-0.2, -0.15) is 5.10 Å². The number of hydrogen-bond donors (Lipinski definition) is 1. The number of anilines is 1. The lowest BCUT2D eigenvalue weighted by Crippen LogP contribution is -2.38. The first kappa shape index (κ1) is 23.8. The Labute approximate surface area is 223 Å². The molecule has 3 heterocycles. The summed E-state index contributed by atoms with van der Waals surface area (Å²) < 4.78 is 4.18. The van der Waals surface area contributed by atoms with E-state index in [1.165, 1.54) is 11.1 Å².